The van der Waals surface area contributed by atoms with Crippen molar-refractivity contribution in [3.8, 4) is 0 Å². The quantitative estimate of drug-likeness (QED) is 0.785. The summed E-state index contributed by atoms with van der Waals surface area (Å²) < 4.78 is 0. The summed E-state index contributed by atoms with van der Waals surface area (Å²) in [5.41, 5.74) is 5.38. The molecule has 1 saturated carbocycles. The zero-order valence-corrected chi connectivity index (χ0v) is 12.5. The molecule has 1 heterocycles. The van der Waals surface area contributed by atoms with Crippen molar-refractivity contribution in [3.05, 3.63) is 0 Å². The summed E-state index contributed by atoms with van der Waals surface area (Å²) in [6.45, 7) is 4.72. The zero-order chi connectivity index (χ0) is 14.6. The normalized spacial score (nSPS) is 29.7. The molecule has 0 aromatic rings. The Bertz CT molecular complexity index is 358. The second kappa shape index (κ2) is 6.57. The lowest BCUT2D eigenvalue weighted by Gasteiger charge is -2.44. The lowest BCUT2D eigenvalue weighted by molar-refractivity contribution is -0.138. The topological polar surface area (TPSA) is 75.4 Å². The molecule has 3 N–H and O–H groups in total. The SMILES string of the molecule is CC1CC(CN)(C(=O)NCCC(=O)N2CCCCC2)C1. The average Bonchev–Trinajstić information content (AvgIpc) is 2.44. The number of nitrogens with one attached hydrogen (secondary N) is 1. The molecule has 0 aromatic carbocycles. The minimum atomic E-state index is -0.367. The predicted octanol–water partition coefficient (Wildman–Crippen LogP) is 0.880. The van der Waals surface area contributed by atoms with Gasteiger partial charge in [-0.3, -0.25) is 9.59 Å². The van der Waals surface area contributed by atoms with E-state index in [1.165, 1.54) is 6.42 Å². The number of likely N-dealkylation sites (tertiary alicyclic amines) is 1. The molecular formula is C15H27N3O2. The Morgan fingerprint density at radius 2 is 1.90 bits per heavy atom. The number of hydrogen-bond donors (Lipinski definition) is 2. The molecule has 0 atom stereocenters. The van der Waals surface area contributed by atoms with Crippen LogP contribution in [0.25, 0.3) is 0 Å². The Balaban J connectivity index is 1.70. The summed E-state index contributed by atoms with van der Waals surface area (Å²) in [4.78, 5) is 26.1. The summed E-state index contributed by atoms with van der Waals surface area (Å²) in [5, 5.41) is 2.90. The van der Waals surface area contributed by atoms with E-state index in [1.807, 2.05) is 4.90 Å². The van der Waals surface area contributed by atoms with Gasteiger partial charge in [-0.1, -0.05) is 6.92 Å². The number of nitrogens with two attached hydrogens (primary N) is 1. The summed E-state index contributed by atoms with van der Waals surface area (Å²) >= 11 is 0. The maximum atomic E-state index is 12.2. The van der Waals surface area contributed by atoms with Crippen molar-refractivity contribution < 1.29 is 9.59 Å². The molecule has 2 aliphatic rings. The number of rotatable bonds is 5. The van der Waals surface area contributed by atoms with E-state index >= 15 is 0 Å². The van der Waals surface area contributed by atoms with Crippen LogP contribution >= 0.6 is 0 Å². The van der Waals surface area contributed by atoms with E-state index in [9.17, 15) is 9.59 Å². The first-order chi connectivity index (χ1) is 9.57. The second-order valence-electron chi connectivity index (χ2n) is 6.45. The van der Waals surface area contributed by atoms with E-state index in [1.54, 1.807) is 0 Å². The molecule has 114 valence electrons. The number of carbonyl (C=O) groups excluding carboxylic acids is 2. The van der Waals surface area contributed by atoms with Crippen molar-refractivity contribution in [3.63, 3.8) is 0 Å². The molecule has 0 radical (unpaired) electrons. The molecule has 1 aliphatic carbocycles. The van der Waals surface area contributed by atoms with Gasteiger partial charge in [-0.25, -0.2) is 0 Å². The molecule has 2 fully saturated rings. The van der Waals surface area contributed by atoms with Crippen molar-refractivity contribution in [1.82, 2.24) is 10.2 Å². The molecule has 0 aromatic heterocycles. The Morgan fingerprint density at radius 1 is 1.25 bits per heavy atom. The number of hydrogen-bond acceptors (Lipinski definition) is 3. The first-order valence-electron chi connectivity index (χ1n) is 7.83. The van der Waals surface area contributed by atoms with E-state index in [0.29, 0.717) is 25.4 Å². The number of amides is 2. The van der Waals surface area contributed by atoms with Crippen LogP contribution in [0.5, 0.6) is 0 Å². The highest BCUT2D eigenvalue weighted by Gasteiger charge is 2.46. The van der Waals surface area contributed by atoms with Crippen LogP contribution < -0.4 is 11.1 Å². The molecular weight excluding hydrogens is 254 g/mol. The second-order valence-corrected chi connectivity index (χ2v) is 6.45. The minimum absolute atomic E-state index is 0.0320. The Morgan fingerprint density at radius 3 is 2.45 bits per heavy atom. The number of nitrogens with zero attached hydrogens (tertiary/aromatic N) is 1. The average molecular weight is 281 g/mol. The van der Waals surface area contributed by atoms with Gasteiger partial charge in [-0.2, -0.15) is 0 Å². The highest BCUT2D eigenvalue weighted by Crippen LogP contribution is 2.44. The van der Waals surface area contributed by atoms with E-state index in [-0.39, 0.29) is 17.2 Å². The van der Waals surface area contributed by atoms with Gasteiger partial charge in [0.25, 0.3) is 0 Å². The lowest BCUT2D eigenvalue weighted by atomic mass is 9.62. The molecule has 1 saturated heterocycles. The zero-order valence-electron chi connectivity index (χ0n) is 12.5. The maximum Gasteiger partial charge on any atom is 0.227 e. The molecule has 1 aliphatic heterocycles. The Kier molecular flexibility index (Phi) is 5.02. The van der Waals surface area contributed by atoms with Crippen molar-refractivity contribution in [2.24, 2.45) is 17.1 Å². The predicted molar refractivity (Wildman–Crippen MR) is 77.9 cm³/mol. The van der Waals surface area contributed by atoms with Crippen LogP contribution in [-0.2, 0) is 9.59 Å². The van der Waals surface area contributed by atoms with E-state index in [4.69, 9.17) is 5.73 Å². The summed E-state index contributed by atoms with van der Waals surface area (Å²) in [6, 6.07) is 0. The van der Waals surface area contributed by atoms with Crippen LogP contribution in [0.1, 0.15) is 45.4 Å². The van der Waals surface area contributed by atoms with E-state index < -0.39 is 0 Å². The van der Waals surface area contributed by atoms with Gasteiger partial charge in [0.2, 0.25) is 11.8 Å². The van der Waals surface area contributed by atoms with Crippen molar-refractivity contribution in [2.45, 2.75) is 45.4 Å². The minimum Gasteiger partial charge on any atom is -0.355 e. The van der Waals surface area contributed by atoms with Crippen LogP contribution in [0.4, 0.5) is 0 Å². The Labute approximate surface area is 121 Å². The summed E-state index contributed by atoms with van der Waals surface area (Å²) in [5.74, 6) is 0.776. The summed E-state index contributed by atoms with van der Waals surface area (Å²) in [7, 11) is 0. The van der Waals surface area contributed by atoms with Gasteiger partial charge in [-0.15, -0.1) is 0 Å². The van der Waals surface area contributed by atoms with Crippen LogP contribution in [0, 0.1) is 11.3 Å². The van der Waals surface area contributed by atoms with Gasteiger partial charge in [-0.05, 0) is 38.0 Å². The highest BCUT2D eigenvalue weighted by atomic mass is 16.2. The van der Waals surface area contributed by atoms with Crippen LogP contribution in [0.15, 0.2) is 0 Å². The highest BCUT2D eigenvalue weighted by molar-refractivity contribution is 5.84. The van der Waals surface area contributed by atoms with Crippen LogP contribution in [0.2, 0.25) is 0 Å². The third-order valence-electron chi connectivity index (χ3n) is 4.68. The largest absolute Gasteiger partial charge is 0.355 e. The van der Waals surface area contributed by atoms with E-state index in [0.717, 1.165) is 38.8 Å². The van der Waals surface area contributed by atoms with Gasteiger partial charge in [0.1, 0.15) is 0 Å². The molecule has 0 spiro atoms. The van der Waals surface area contributed by atoms with Gasteiger partial charge in [0, 0.05) is 32.6 Å². The fraction of sp³-hybridized carbons (Fsp3) is 0.867. The van der Waals surface area contributed by atoms with Gasteiger partial charge in [0.15, 0.2) is 0 Å². The molecule has 2 amide bonds. The smallest absolute Gasteiger partial charge is 0.227 e. The fourth-order valence-corrected chi connectivity index (χ4v) is 3.49. The van der Waals surface area contributed by atoms with Gasteiger partial charge >= 0.3 is 0 Å². The third-order valence-corrected chi connectivity index (χ3v) is 4.68. The monoisotopic (exact) mass is 281 g/mol. The summed E-state index contributed by atoms with van der Waals surface area (Å²) in [6.07, 6.45) is 5.57. The first kappa shape index (κ1) is 15.3. The molecule has 0 bridgehead atoms. The van der Waals surface area contributed by atoms with E-state index in [2.05, 4.69) is 12.2 Å². The number of carbonyl (C=O) groups is 2. The van der Waals surface area contributed by atoms with Crippen molar-refractivity contribution in [2.75, 3.05) is 26.2 Å². The third kappa shape index (κ3) is 3.32. The number of piperidine rings is 1. The maximum absolute atomic E-state index is 12.2. The Hall–Kier alpha value is -1.10. The van der Waals surface area contributed by atoms with Crippen molar-refractivity contribution in [1.29, 1.82) is 0 Å². The van der Waals surface area contributed by atoms with Crippen LogP contribution in [-0.4, -0.2) is 42.9 Å². The molecule has 20 heavy (non-hydrogen) atoms. The molecule has 2 rings (SSSR count). The van der Waals surface area contributed by atoms with Crippen molar-refractivity contribution >= 4 is 11.8 Å². The molecule has 5 heteroatoms. The molecule has 0 unspecified atom stereocenters. The lowest BCUT2D eigenvalue weighted by Crippen LogP contribution is -2.53. The van der Waals surface area contributed by atoms with Crippen LogP contribution in [0.3, 0.4) is 0 Å². The molecule has 5 nitrogen and oxygen atoms in total. The van der Waals surface area contributed by atoms with Gasteiger partial charge in [0.05, 0.1) is 5.41 Å². The fourth-order valence-electron chi connectivity index (χ4n) is 3.49. The first-order valence-corrected chi connectivity index (χ1v) is 7.83. The standard InChI is InChI=1S/C15H27N3O2/c1-12-9-15(10-12,11-16)14(20)17-6-5-13(19)18-7-3-2-4-8-18/h12H,2-11,16H2,1H3,(H,17,20). The van der Waals surface area contributed by atoms with Gasteiger partial charge < -0.3 is 16.0 Å².